The summed E-state index contributed by atoms with van der Waals surface area (Å²) in [5.74, 6) is -5.77. The maximum absolute atomic E-state index is 12.1. The van der Waals surface area contributed by atoms with Gasteiger partial charge in [-0.3, -0.25) is 18.7 Å². The Hall–Kier alpha value is -5.46. The fourth-order valence-electron chi connectivity index (χ4n) is 4.59. The second-order valence-electron chi connectivity index (χ2n) is 12.1. The van der Waals surface area contributed by atoms with E-state index in [4.69, 9.17) is 35.6 Å². The van der Waals surface area contributed by atoms with Crippen LogP contribution in [0.5, 0.6) is 5.75 Å². The SMILES string of the molecule is CN(C)N[C@@H](Cc1ccccc1)C(=O)OC(=O)C(O)CC(=O)O.Nc1ccn([C@@H]2O[C@H](COP(=O)(O)O)[C@@H](O)[C@H]2O)c(=O)n1.O=C(O)C(=O)Cc1ccc(O)cc1. The van der Waals surface area contributed by atoms with Crippen LogP contribution in [0.15, 0.2) is 71.7 Å². The molecule has 11 N–H and O–H groups in total. The number of phosphoric acid groups is 1. The highest BCUT2D eigenvalue weighted by Crippen LogP contribution is 2.38. The molecule has 4 rings (SSSR count). The van der Waals surface area contributed by atoms with Crippen LogP contribution in [-0.4, -0.2) is 136 Å². The number of nitrogens with one attached hydrogen (secondary N) is 1. The molecule has 23 nitrogen and oxygen atoms in total. The Morgan fingerprint density at radius 1 is 0.965 bits per heavy atom. The molecule has 1 aliphatic rings. The number of Topliss-reactive ketones (excluding diaryl/α,β-unsaturated/α-hetero) is 1. The van der Waals surface area contributed by atoms with Crippen molar-refractivity contribution in [2.75, 3.05) is 26.4 Å². The van der Waals surface area contributed by atoms with Crippen molar-refractivity contribution < 1.29 is 83.0 Å². The first-order chi connectivity index (χ1) is 26.6. The van der Waals surface area contributed by atoms with Gasteiger partial charge in [-0.1, -0.05) is 42.5 Å². The van der Waals surface area contributed by atoms with Gasteiger partial charge in [0.25, 0.3) is 0 Å². The van der Waals surface area contributed by atoms with Crippen molar-refractivity contribution >= 4 is 43.3 Å². The zero-order valence-corrected chi connectivity index (χ0v) is 31.1. The smallest absolute Gasteiger partial charge is 0.469 e. The molecule has 1 aromatic heterocycles. The number of phenols is 1. The number of hydrazine groups is 1. The topological polar surface area (TPSA) is 368 Å². The predicted octanol–water partition coefficient (Wildman–Crippen LogP) is -2.29. The lowest BCUT2D eigenvalue weighted by molar-refractivity contribution is -0.170. The van der Waals surface area contributed by atoms with Gasteiger partial charge in [-0.05, 0) is 35.7 Å². The summed E-state index contributed by atoms with van der Waals surface area (Å²) in [6.45, 7) is -0.657. The molecule has 1 saturated heterocycles. The van der Waals surface area contributed by atoms with Gasteiger partial charge in [-0.15, -0.1) is 0 Å². The Balaban J connectivity index is 0.000000306. The number of aromatic nitrogens is 2. The van der Waals surface area contributed by atoms with Gasteiger partial charge in [0.15, 0.2) is 12.3 Å². The van der Waals surface area contributed by atoms with Gasteiger partial charge in [-0.25, -0.2) is 34.2 Å². The zero-order valence-electron chi connectivity index (χ0n) is 30.2. The zero-order chi connectivity index (χ0) is 43.0. The number of benzene rings is 2. The number of carboxylic acids is 2. The third-order valence-corrected chi connectivity index (χ3v) is 7.72. The van der Waals surface area contributed by atoms with Crippen molar-refractivity contribution in [2.45, 2.75) is 55.9 Å². The number of rotatable bonds is 15. The van der Waals surface area contributed by atoms with E-state index in [2.05, 4.69) is 19.7 Å². The van der Waals surface area contributed by atoms with E-state index < -0.39 is 92.9 Å². The first-order valence-electron chi connectivity index (χ1n) is 16.3. The number of esters is 2. The number of ketones is 1. The number of anilines is 1. The quantitative estimate of drug-likeness (QED) is 0.0253. The summed E-state index contributed by atoms with van der Waals surface area (Å²) in [5.41, 5.74) is 8.77. The van der Waals surface area contributed by atoms with E-state index in [-0.39, 0.29) is 24.4 Å². The number of nitrogens with two attached hydrogens (primary N) is 1. The number of carbonyl (C=O) groups excluding carboxylic acids is 3. The number of aromatic hydroxyl groups is 1. The summed E-state index contributed by atoms with van der Waals surface area (Å²) in [7, 11) is -1.40. The number of carbonyl (C=O) groups is 5. The number of nitrogen functional groups attached to an aromatic ring is 1. The molecular weight excluding hydrogens is 785 g/mol. The van der Waals surface area contributed by atoms with Gasteiger partial charge in [-0.2, -0.15) is 4.98 Å². The number of phosphoric ester groups is 1. The van der Waals surface area contributed by atoms with Gasteiger partial charge in [0.05, 0.1) is 13.0 Å². The number of hydrogen-bond donors (Lipinski definition) is 10. The maximum Gasteiger partial charge on any atom is 0.469 e. The minimum Gasteiger partial charge on any atom is -0.508 e. The Bertz CT molecular complexity index is 1920. The molecule has 0 amide bonds. The minimum atomic E-state index is -4.74. The van der Waals surface area contributed by atoms with E-state index in [1.54, 1.807) is 14.1 Å². The molecular formula is C33H42N5O18P. The highest BCUT2D eigenvalue weighted by atomic mass is 31.2. The summed E-state index contributed by atoms with van der Waals surface area (Å²) in [6.07, 6.45) is -6.85. The first kappa shape index (κ1) is 47.7. The third kappa shape index (κ3) is 17.1. The molecule has 1 fully saturated rings. The van der Waals surface area contributed by atoms with E-state index >= 15 is 0 Å². The van der Waals surface area contributed by atoms with Crippen molar-refractivity contribution in [3.8, 4) is 5.75 Å². The normalized spacial score (nSPS) is 18.5. The number of carboxylic acid groups (broad SMARTS) is 2. The van der Waals surface area contributed by atoms with E-state index in [0.717, 1.165) is 10.1 Å². The number of aliphatic hydroxyl groups excluding tert-OH is 3. The van der Waals surface area contributed by atoms with Crippen LogP contribution in [0, 0.1) is 0 Å². The number of nitrogens with zero attached hydrogens (tertiary/aromatic N) is 3. The molecule has 0 saturated carbocycles. The Morgan fingerprint density at radius 3 is 2.11 bits per heavy atom. The fraction of sp³-hybridized carbons (Fsp3) is 0.364. The molecule has 0 radical (unpaired) electrons. The summed E-state index contributed by atoms with van der Waals surface area (Å²) >= 11 is 0. The van der Waals surface area contributed by atoms with Gasteiger partial charge < -0.3 is 55.6 Å². The average Bonchev–Trinajstić information content (AvgIpc) is 3.40. The first-order valence-corrected chi connectivity index (χ1v) is 17.8. The number of aliphatic carboxylic acids is 2. The molecule has 2 heterocycles. The summed E-state index contributed by atoms with van der Waals surface area (Å²) in [5, 5.41) is 56.2. The number of ether oxygens (including phenoxy) is 2. The second kappa shape index (κ2) is 22.3. The number of phenolic OH excluding ortho intramolecular Hbond substituents is 1. The number of hydrogen-bond acceptors (Lipinski definition) is 18. The third-order valence-electron chi connectivity index (χ3n) is 7.23. The molecule has 1 aliphatic heterocycles. The lowest BCUT2D eigenvalue weighted by Gasteiger charge is -2.21. The van der Waals surface area contributed by atoms with Crippen LogP contribution >= 0.6 is 7.82 Å². The van der Waals surface area contributed by atoms with Crippen molar-refractivity contribution in [1.82, 2.24) is 20.0 Å². The van der Waals surface area contributed by atoms with Gasteiger partial charge in [0.2, 0.25) is 5.78 Å². The Morgan fingerprint density at radius 2 is 1.58 bits per heavy atom. The molecule has 3 aromatic rings. The molecule has 57 heavy (non-hydrogen) atoms. The summed E-state index contributed by atoms with van der Waals surface area (Å²) in [4.78, 5) is 87.3. The van der Waals surface area contributed by atoms with Crippen LogP contribution in [0.2, 0.25) is 0 Å². The van der Waals surface area contributed by atoms with E-state index in [9.17, 15) is 48.7 Å². The van der Waals surface area contributed by atoms with Crippen LogP contribution in [0.25, 0.3) is 0 Å². The summed E-state index contributed by atoms with van der Waals surface area (Å²) in [6, 6.07) is 15.4. The maximum atomic E-state index is 12.1. The molecule has 0 spiro atoms. The largest absolute Gasteiger partial charge is 0.508 e. The van der Waals surface area contributed by atoms with Gasteiger partial charge in [0, 0.05) is 26.7 Å². The average molecular weight is 828 g/mol. The van der Waals surface area contributed by atoms with Gasteiger partial charge >= 0.3 is 37.4 Å². The monoisotopic (exact) mass is 827 g/mol. The highest BCUT2D eigenvalue weighted by molar-refractivity contribution is 7.46. The van der Waals surface area contributed by atoms with Gasteiger partial charge in [0.1, 0.15) is 35.9 Å². The Kier molecular flexibility index (Phi) is 18.7. The van der Waals surface area contributed by atoms with Crippen LogP contribution in [-0.2, 0) is 55.4 Å². The lowest BCUT2D eigenvalue weighted by atomic mass is 10.1. The van der Waals surface area contributed by atoms with Crippen LogP contribution < -0.4 is 16.8 Å². The van der Waals surface area contributed by atoms with Crippen LogP contribution in [0.1, 0.15) is 23.8 Å². The van der Waals surface area contributed by atoms with Crippen molar-refractivity contribution in [2.24, 2.45) is 0 Å². The number of aliphatic hydroxyl groups is 3. The fourth-order valence-corrected chi connectivity index (χ4v) is 4.93. The van der Waals surface area contributed by atoms with Crippen molar-refractivity contribution in [3.05, 3.63) is 88.5 Å². The molecule has 6 atom stereocenters. The minimum absolute atomic E-state index is 0.0225. The second-order valence-corrected chi connectivity index (χ2v) is 13.3. The van der Waals surface area contributed by atoms with Crippen LogP contribution in [0.3, 0.4) is 0 Å². The Labute approximate surface area is 322 Å². The van der Waals surface area contributed by atoms with Crippen LogP contribution in [0.4, 0.5) is 5.82 Å². The molecule has 2 aromatic carbocycles. The van der Waals surface area contributed by atoms with E-state index in [1.165, 1.54) is 41.5 Å². The molecule has 24 heteroatoms. The highest BCUT2D eigenvalue weighted by Gasteiger charge is 2.45. The van der Waals surface area contributed by atoms with E-state index in [0.29, 0.717) is 5.56 Å². The molecule has 0 aliphatic carbocycles. The predicted molar refractivity (Wildman–Crippen MR) is 191 cm³/mol. The molecule has 1 unspecified atom stereocenters. The van der Waals surface area contributed by atoms with Crippen molar-refractivity contribution in [3.63, 3.8) is 0 Å². The lowest BCUT2D eigenvalue weighted by Crippen LogP contribution is -2.48. The van der Waals surface area contributed by atoms with Crippen molar-refractivity contribution in [1.29, 1.82) is 0 Å². The molecule has 0 bridgehead atoms. The van der Waals surface area contributed by atoms with E-state index in [1.807, 2.05) is 30.3 Å². The molecule has 312 valence electrons. The summed E-state index contributed by atoms with van der Waals surface area (Å²) < 4.78 is 25.5. The standard InChI is InChI=1S/C15H20N2O6.C9H14N3O8P.C9H8O4/c1-17(2)16-11(8-10-6-4-3-5-7-10)14(21)23-15(22)12(18)9-13(19)20;10-5-1-2-12(9(15)11-5)8-7(14)6(13)4(20-8)3-19-21(16,17)18;10-7-3-1-6(2-4-7)5-8(11)9(12)13/h3-7,11-12,16,18H,8-9H2,1-2H3,(H,19,20);1-2,4,6-8,13-14H,3H2,(H2,10,11,15)(H2,16,17,18);1-4,10H,5H2,(H,12,13)/t11-,12?;4-,6-,7-,8-;/m01./s1.